The van der Waals surface area contributed by atoms with E-state index < -0.39 is 6.10 Å². The number of hydrogen-bond donors (Lipinski definition) is 1. The van der Waals surface area contributed by atoms with E-state index in [1.54, 1.807) is 0 Å². The number of rotatable bonds is 62. The molecule has 0 aromatic heterocycles. The van der Waals surface area contributed by atoms with Gasteiger partial charge in [-0.3, -0.25) is 9.59 Å². The monoisotopic (exact) mass is 1080 g/mol. The van der Waals surface area contributed by atoms with Crippen molar-refractivity contribution in [2.24, 2.45) is 0 Å². The molecule has 0 saturated heterocycles. The zero-order valence-corrected chi connectivity index (χ0v) is 51.7. The van der Waals surface area contributed by atoms with Crippen LogP contribution in [0.25, 0.3) is 0 Å². The van der Waals surface area contributed by atoms with E-state index >= 15 is 0 Å². The number of unbranched alkanes of at least 4 members (excludes halogenated alkanes) is 38. The van der Waals surface area contributed by atoms with Crippen LogP contribution in [0.3, 0.4) is 0 Å². The second kappa shape index (κ2) is 68.1. The van der Waals surface area contributed by atoms with Crippen molar-refractivity contribution >= 4 is 11.9 Å². The third-order valence-electron chi connectivity index (χ3n) is 14.9. The van der Waals surface area contributed by atoms with Gasteiger partial charge in [0.1, 0.15) is 6.61 Å². The van der Waals surface area contributed by atoms with Crippen molar-refractivity contribution in [1.29, 1.82) is 0 Å². The molecule has 0 amide bonds. The minimum absolute atomic E-state index is 0.0760. The second-order valence-electron chi connectivity index (χ2n) is 22.5. The summed E-state index contributed by atoms with van der Waals surface area (Å²) in [6.07, 6.45) is 97.2. The molecule has 0 aliphatic rings. The van der Waals surface area contributed by atoms with Crippen LogP contribution in [-0.4, -0.2) is 36.4 Å². The first-order valence-electron chi connectivity index (χ1n) is 33.8. The van der Waals surface area contributed by atoms with Crippen LogP contribution in [0, 0.1) is 0 Å². The van der Waals surface area contributed by atoms with Gasteiger partial charge in [0, 0.05) is 12.8 Å². The van der Waals surface area contributed by atoms with Gasteiger partial charge in [-0.2, -0.15) is 0 Å². The number of aliphatic hydroxyl groups is 1. The van der Waals surface area contributed by atoms with Gasteiger partial charge in [0.15, 0.2) is 6.10 Å². The molecule has 0 aliphatic heterocycles. The van der Waals surface area contributed by atoms with Crippen molar-refractivity contribution in [2.75, 3.05) is 13.2 Å². The van der Waals surface area contributed by atoms with Crippen LogP contribution in [0.5, 0.6) is 0 Å². The van der Waals surface area contributed by atoms with E-state index in [1.807, 2.05) is 0 Å². The molecule has 78 heavy (non-hydrogen) atoms. The quantitative estimate of drug-likeness (QED) is 0.0373. The summed E-state index contributed by atoms with van der Waals surface area (Å²) in [5, 5.41) is 9.69. The zero-order valence-electron chi connectivity index (χ0n) is 51.7. The molecule has 5 nitrogen and oxygen atoms in total. The molecule has 0 saturated carbocycles. The van der Waals surface area contributed by atoms with E-state index in [-0.39, 0.29) is 25.2 Å². The number of ether oxygens (including phenoxy) is 2. The number of aliphatic hydroxyl groups excluding tert-OH is 1. The molecule has 0 radical (unpaired) electrons. The minimum atomic E-state index is -0.789. The van der Waals surface area contributed by atoms with E-state index in [0.29, 0.717) is 12.8 Å². The van der Waals surface area contributed by atoms with Crippen molar-refractivity contribution in [3.8, 4) is 0 Å². The molecule has 0 aromatic rings. The Hall–Kier alpha value is -3.18. The summed E-state index contributed by atoms with van der Waals surface area (Å²) >= 11 is 0. The summed E-state index contributed by atoms with van der Waals surface area (Å²) in [6.45, 7) is 4.04. The molecule has 1 N–H and O–H groups in total. The number of allylic oxidation sites excluding steroid dienone is 16. The van der Waals surface area contributed by atoms with Gasteiger partial charge in [-0.25, -0.2) is 0 Å². The average Bonchev–Trinajstić information content (AvgIpc) is 3.44. The lowest BCUT2D eigenvalue weighted by molar-refractivity contribution is -0.161. The molecule has 450 valence electrons. The molecular weight excluding hydrogens is 957 g/mol. The molecule has 0 aliphatic carbocycles. The Bertz CT molecular complexity index is 1460. The Morgan fingerprint density at radius 1 is 0.308 bits per heavy atom. The van der Waals surface area contributed by atoms with Gasteiger partial charge in [-0.05, 0) is 96.3 Å². The average molecular weight is 1090 g/mol. The lowest BCUT2D eigenvalue weighted by Crippen LogP contribution is -2.28. The number of esters is 2. The van der Waals surface area contributed by atoms with E-state index in [1.165, 1.54) is 205 Å². The van der Waals surface area contributed by atoms with E-state index in [4.69, 9.17) is 9.47 Å². The van der Waals surface area contributed by atoms with Gasteiger partial charge >= 0.3 is 11.9 Å². The highest BCUT2D eigenvalue weighted by atomic mass is 16.6. The van der Waals surface area contributed by atoms with Crippen LogP contribution >= 0.6 is 0 Å². The lowest BCUT2D eigenvalue weighted by atomic mass is 10.0. The van der Waals surface area contributed by atoms with Crippen LogP contribution in [0.4, 0.5) is 0 Å². The smallest absolute Gasteiger partial charge is 0.306 e. The topological polar surface area (TPSA) is 72.8 Å². The molecule has 0 aromatic carbocycles. The fourth-order valence-electron chi connectivity index (χ4n) is 9.83. The third kappa shape index (κ3) is 65.3. The molecule has 0 fully saturated rings. The van der Waals surface area contributed by atoms with Gasteiger partial charge < -0.3 is 14.6 Å². The van der Waals surface area contributed by atoms with Crippen LogP contribution in [0.2, 0.25) is 0 Å². The Balaban J connectivity index is 3.46. The Kier molecular flexibility index (Phi) is 65.3. The molecule has 0 bridgehead atoms. The molecule has 1 atom stereocenters. The standard InChI is InChI=1S/C73H128O5/c1-3-5-7-9-11-13-15-17-19-21-23-25-27-29-31-32-33-34-35-36-37-38-39-40-42-43-45-47-49-51-53-55-57-59-61-63-65-67-72(75)77-70-71(69-74)78-73(76)68-66-64-62-60-58-56-54-52-50-48-46-44-41-30-28-26-24-22-20-18-16-14-12-10-8-6-4-2/h6,8,12,14,18,20-21,23-24,26,30,41,46,48,52,54,71,74H,3-5,7,9-11,13,15-17,19,22,25,27-29,31-40,42-45,47,49-51,53,55-70H2,1-2H3/b8-6-,14-12-,20-18-,23-21-,26-24-,41-30-,48-46-,54-52-. The highest BCUT2D eigenvalue weighted by Crippen LogP contribution is 2.18. The van der Waals surface area contributed by atoms with Gasteiger partial charge in [-0.15, -0.1) is 0 Å². The normalized spacial score (nSPS) is 12.8. The van der Waals surface area contributed by atoms with Gasteiger partial charge in [0.2, 0.25) is 0 Å². The highest BCUT2D eigenvalue weighted by Gasteiger charge is 2.16. The van der Waals surface area contributed by atoms with Crippen LogP contribution in [-0.2, 0) is 19.1 Å². The third-order valence-corrected chi connectivity index (χ3v) is 14.9. The predicted octanol–water partition coefficient (Wildman–Crippen LogP) is 23.4. The highest BCUT2D eigenvalue weighted by molar-refractivity contribution is 5.70. The summed E-state index contributed by atoms with van der Waals surface area (Å²) in [7, 11) is 0. The first-order valence-corrected chi connectivity index (χ1v) is 33.8. The van der Waals surface area contributed by atoms with Crippen LogP contribution in [0.15, 0.2) is 97.2 Å². The molecule has 1 unspecified atom stereocenters. The second-order valence-corrected chi connectivity index (χ2v) is 22.5. The Morgan fingerprint density at radius 3 is 0.846 bits per heavy atom. The van der Waals surface area contributed by atoms with Crippen LogP contribution in [0.1, 0.15) is 335 Å². The maximum absolute atomic E-state index is 12.3. The Morgan fingerprint density at radius 2 is 0.551 bits per heavy atom. The van der Waals surface area contributed by atoms with E-state index in [0.717, 1.165) is 103 Å². The minimum Gasteiger partial charge on any atom is -0.462 e. The molecule has 0 spiro atoms. The van der Waals surface area contributed by atoms with Crippen molar-refractivity contribution in [3.63, 3.8) is 0 Å². The number of carbonyl (C=O) groups excluding carboxylic acids is 2. The van der Waals surface area contributed by atoms with Gasteiger partial charge in [0.05, 0.1) is 6.61 Å². The Labute approximate surface area is 485 Å². The SMILES string of the molecule is CC/C=C\C/C=C\C/C=C\C/C=C\C/C=C\C/C=C\C/C=C\CCCCCCCC(=O)OC(CO)COC(=O)CCCCCCCCCCCCCCCCCCCCCCCCCCC/C=C\CCCCCCCCCC. The molecule has 0 heterocycles. The van der Waals surface area contributed by atoms with Crippen molar-refractivity contribution in [3.05, 3.63) is 97.2 Å². The molecule has 0 rings (SSSR count). The fraction of sp³-hybridized carbons (Fsp3) is 0.753. The summed E-state index contributed by atoms with van der Waals surface area (Å²) in [6, 6.07) is 0. The maximum atomic E-state index is 12.3. The van der Waals surface area contributed by atoms with Crippen molar-refractivity contribution < 1.29 is 24.2 Å². The summed E-state index contributed by atoms with van der Waals surface area (Å²) < 4.78 is 10.7. The van der Waals surface area contributed by atoms with E-state index in [9.17, 15) is 14.7 Å². The number of carbonyl (C=O) groups is 2. The summed E-state index contributed by atoms with van der Waals surface area (Å²) in [5.74, 6) is -0.605. The van der Waals surface area contributed by atoms with E-state index in [2.05, 4.69) is 111 Å². The van der Waals surface area contributed by atoms with Gasteiger partial charge in [0.25, 0.3) is 0 Å². The van der Waals surface area contributed by atoms with Crippen molar-refractivity contribution in [2.45, 2.75) is 341 Å². The van der Waals surface area contributed by atoms with Crippen LogP contribution < -0.4 is 0 Å². The van der Waals surface area contributed by atoms with Gasteiger partial charge in [-0.1, -0.05) is 323 Å². The lowest BCUT2D eigenvalue weighted by Gasteiger charge is -2.15. The molecule has 5 heteroatoms. The predicted molar refractivity (Wildman–Crippen MR) is 343 cm³/mol. The summed E-state index contributed by atoms with van der Waals surface area (Å²) in [4.78, 5) is 24.6. The first kappa shape index (κ1) is 74.8. The summed E-state index contributed by atoms with van der Waals surface area (Å²) in [5.41, 5.74) is 0. The number of hydrogen-bond acceptors (Lipinski definition) is 5. The van der Waals surface area contributed by atoms with Crippen molar-refractivity contribution in [1.82, 2.24) is 0 Å². The first-order chi connectivity index (χ1) is 38.6. The maximum Gasteiger partial charge on any atom is 0.306 e. The zero-order chi connectivity index (χ0) is 56.2. The fourth-order valence-corrected chi connectivity index (χ4v) is 9.83. The molecular formula is C73H128O5. The largest absolute Gasteiger partial charge is 0.462 e.